The number of hydrogen-bond acceptors (Lipinski definition) is 16. The third-order valence-electron chi connectivity index (χ3n) is 14.2. The van der Waals surface area contributed by atoms with E-state index in [1.165, 1.54) is 16.5 Å². The van der Waals surface area contributed by atoms with Gasteiger partial charge in [0.15, 0.2) is 45.1 Å². The molecule has 0 saturated heterocycles. The molecule has 2 heterocycles. The van der Waals surface area contributed by atoms with Crippen molar-refractivity contribution in [2.45, 2.75) is 26.2 Å². The van der Waals surface area contributed by atoms with Gasteiger partial charge in [-0.3, -0.25) is 0 Å². The summed E-state index contributed by atoms with van der Waals surface area (Å²) in [7, 11) is 6.62. The first-order valence-corrected chi connectivity index (χ1v) is 30.4. The highest BCUT2D eigenvalue weighted by atomic mass is 16.6. The fourth-order valence-corrected chi connectivity index (χ4v) is 9.93. The Morgan fingerprint density at radius 3 is 0.920 bits per heavy atom. The zero-order chi connectivity index (χ0) is 61.1. The molecule has 0 unspecified atom stereocenters. The molecule has 476 valence electrons. The summed E-state index contributed by atoms with van der Waals surface area (Å²) < 4.78 is 102. The molecule has 0 aliphatic heterocycles. The Kier molecular flexibility index (Phi) is 30.0. The zero-order valence-corrected chi connectivity index (χ0v) is 51.8. The van der Waals surface area contributed by atoms with Gasteiger partial charge in [0.05, 0.1) is 132 Å². The largest absolute Gasteiger partial charge is 0.487 e. The maximum atomic E-state index is 6.55. The van der Waals surface area contributed by atoms with E-state index < -0.39 is 0 Å². The molecule has 20 nitrogen and oxygen atoms in total. The zero-order valence-electron chi connectivity index (χ0n) is 51.8. The molecule has 0 fully saturated rings. The first kappa shape index (κ1) is 67.2. The minimum atomic E-state index is 0.301. The van der Waals surface area contributed by atoms with Crippen LogP contribution in [0.4, 0.5) is 0 Å². The van der Waals surface area contributed by atoms with Gasteiger partial charge in [0, 0.05) is 63.8 Å². The molecule has 6 aromatic carbocycles. The molecular formula is C68H90N4O16+2. The minimum absolute atomic E-state index is 0.301. The Hall–Kier alpha value is -6.76. The quantitative estimate of drug-likeness (QED) is 0.0268. The second kappa shape index (κ2) is 39.3. The summed E-state index contributed by atoms with van der Waals surface area (Å²) in [5.41, 5.74) is 8.58. The van der Waals surface area contributed by atoms with Gasteiger partial charge in [0.25, 0.3) is 0 Å². The van der Waals surface area contributed by atoms with Crippen LogP contribution in [-0.2, 0) is 83.0 Å². The summed E-state index contributed by atoms with van der Waals surface area (Å²) in [4.78, 5) is 0. The van der Waals surface area contributed by atoms with E-state index in [9.17, 15) is 0 Å². The van der Waals surface area contributed by atoms with Crippen LogP contribution in [0.15, 0.2) is 134 Å². The molecule has 8 rings (SSSR count). The fraction of sp³-hybridized carbons (Fsp3) is 0.471. The van der Waals surface area contributed by atoms with E-state index in [-0.39, 0.29) is 0 Å². The number of benzene rings is 6. The van der Waals surface area contributed by atoms with Crippen molar-refractivity contribution in [2.24, 2.45) is 0 Å². The highest BCUT2D eigenvalue weighted by Crippen LogP contribution is 2.35. The number of nitrogens with zero attached hydrogens (tertiary/aromatic N) is 4. The highest BCUT2D eigenvalue weighted by molar-refractivity contribution is 5.89. The summed E-state index contributed by atoms with van der Waals surface area (Å²) in [5, 5.41) is 2.31. The van der Waals surface area contributed by atoms with Crippen LogP contribution in [-0.4, -0.2) is 196 Å². The van der Waals surface area contributed by atoms with E-state index >= 15 is 0 Å². The topological polar surface area (TPSA) is 165 Å². The second-order valence-corrected chi connectivity index (χ2v) is 20.5. The lowest BCUT2D eigenvalue weighted by molar-refractivity contribution is -0.663. The fourth-order valence-electron chi connectivity index (χ4n) is 9.93. The Bertz CT molecular complexity index is 3010. The van der Waals surface area contributed by atoms with Crippen molar-refractivity contribution in [1.82, 2.24) is 9.13 Å². The van der Waals surface area contributed by atoms with Gasteiger partial charge < -0.3 is 75.8 Å². The van der Waals surface area contributed by atoms with Crippen molar-refractivity contribution in [3.8, 4) is 23.0 Å². The number of ether oxygens (including phenoxy) is 16. The van der Waals surface area contributed by atoms with E-state index in [0.717, 1.165) is 38.6 Å². The van der Waals surface area contributed by atoms with Crippen LogP contribution in [0.2, 0.25) is 0 Å². The van der Waals surface area contributed by atoms with Crippen molar-refractivity contribution in [1.29, 1.82) is 0 Å². The van der Waals surface area contributed by atoms with Gasteiger partial charge in [0.1, 0.15) is 52.6 Å². The van der Waals surface area contributed by atoms with E-state index in [1.807, 2.05) is 12.1 Å². The lowest BCUT2D eigenvalue weighted by Gasteiger charge is -2.14. The molecular weight excluding hydrogens is 1130 g/mol. The molecule has 0 radical (unpaired) electrons. The highest BCUT2D eigenvalue weighted by Gasteiger charge is 2.25. The Labute approximate surface area is 517 Å². The predicted octanol–water partition coefficient (Wildman–Crippen LogP) is 7.75. The van der Waals surface area contributed by atoms with Crippen LogP contribution in [0, 0.1) is 0 Å². The van der Waals surface area contributed by atoms with Gasteiger partial charge in [-0.15, -0.1) is 0 Å². The van der Waals surface area contributed by atoms with E-state index in [2.05, 4.69) is 140 Å². The molecule has 0 amide bonds. The summed E-state index contributed by atoms with van der Waals surface area (Å²) in [6.07, 6.45) is 4.40. The lowest BCUT2D eigenvalue weighted by atomic mass is 9.98. The molecule has 0 spiro atoms. The van der Waals surface area contributed by atoms with Crippen molar-refractivity contribution in [2.75, 3.05) is 187 Å². The maximum absolute atomic E-state index is 6.55. The monoisotopic (exact) mass is 1220 g/mol. The van der Waals surface area contributed by atoms with Gasteiger partial charge in [-0.1, -0.05) is 97.1 Å². The number of imidazole rings is 2. The molecule has 0 saturated carbocycles. The molecule has 2 aromatic heterocycles. The van der Waals surface area contributed by atoms with Crippen LogP contribution in [0.1, 0.15) is 22.3 Å². The molecule has 88 heavy (non-hydrogen) atoms. The number of rotatable bonds is 48. The van der Waals surface area contributed by atoms with Crippen molar-refractivity contribution < 1.29 is 84.9 Å². The van der Waals surface area contributed by atoms with E-state index in [1.54, 1.807) is 28.4 Å². The molecule has 0 bridgehead atoms. The normalized spacial score (nSPS) is 11.6. The number of aromatic nitrogens is 4. The smallest absolute Gasteiger partial charge is 0.245 e. The van der Waals surface area contributed by atoms with Crippen LogP contribution < -0.4 is 28.1 Å². The third-order valence-corrected chi connectivity index (χ3v) is 14.2. The number of hydrogen-bond donors (Lipinski definition) is 0. The Morgan fingerprint density at radius 2 is 0.602 bits per heavy atom. The second-order valence-electron chi connectivity index (χ2n) is 20.5. The molecule has 0 aliphatic carbocycles. The first-order valence-electron chi connectivity index (χ1n) is 30.4. The van der Waals surface area contributed by atoms with Gasteiger partial charge in [-0.05, 0) is 21.9 Å². The Morgan fingerprint density at radius 1 is 0.307 bits per heavy atom. The standard InChI is InChI=1S/C68H90N4O16/c1-73-21-25-77-29-33-81-37-41-85-64-45-60-62(47-66(64)87-43-39-83-35-31-79-27-23-75-3)71(53-69(60)49-55-13-7-5-8-14-55)51-58-19-11-17-57-18-12-20-59(68(57)58)52-72-54-70(50-56-15-9-6-10-16-56)61-46-65(86-42-38-82-34-30-78-26-22-74-2)67(48-63(61)72)88-44-40-84-36-32-80-28-24-76-4/h5-20,45-48,53-54H,21-44,49-52H2,1-4H3/q+2. The Balaban J connectivity index is 1.11. The summed E-state index contributed by atoms with van der Waals surface area (Å²) >= 11 is 0. The first-order chi connectivity index (χ1) is 43.6. The van der Waals surface area contributed by atoms with Crippen molar-refractivity contribution >= 4 is 32.8 Å². The molecule has 8 aromatic rings. The number of fused-ring (bicyclic) bond motifs is 3. The third kappa shape index (κ3) is 21.8. The van der Waals surface area contributed by atoms with Gasteiger partial charge >= 0.3 is 0 Å². The van der Waals surface area contributed by atoms with Crippen molar-refractivity contribution in [3.05, 3.63) is 156 Å². The maximum Gasteiger partial charge on any atom is 0.245 e. The average molecular weight is 1220 g/mol. The van der Waals surface area contributed by atoms with Crippen LogP contribution in [0.5, 0.6) is 23.0 Å². The van der Waals surface area contributed by atoms with Crippen molar-refractivity contribution in [3.63, 3.8) is 0 Å². The van der Waals surface area contributed by atoms with E-state index in [0.29, 0.717) is 208 Å². The van der Waals surface area contributed by atoms with Gasteiger partial charge in [-0.2, -0.15) is 0 Å². The molecule has 20 heteroatoms. The minimum Gasteiger partial charge on any atom is -0.487 e. The molecule has 0 N–H and O–H groups in total. The summed E-state index contributed by atoms with van der Waals surface area (Å²) in [6.45, 7) is 12.9. The van der Waals surface area contributed by atoms with Crippen LogP contribution in [0.3, 0.4) is 0 Å². The number of methoxy groups -OCH3 is 4. The van der Waals surface area contributed by atoms with Gasteiger partial charge in [0.2, 0.25) is 12.7 Å². The molecule has 0 aliphatic rings. The summed E-state index contributed by atoms with van der Waals surface area (Å²) in [6, 6.07) is 42.5. The van der Waals surface area contributed by atoms with Crippen LogP contribution >= 0.6 is 0 Å². The average Bonchev–Trinajstić information content (AvgIpc) is 2.30. The SMILES string of the molecule is COCCOCCOCCOc1cc2c(cc1OCCOCCOCCOC)[n+](Cc1ccccc1)cn2Cc1cccc2cccc(Cn3c[n+](Cc4ccccc4)c4cc(OCCOCCOCCOC)c(OCCOCCOCCOC)cc43)c12. The van der Waals surface area contributed by atoms with E-state index in [4.69, 9.17) is 75.8 Å². The predicted molar refractivity (Wildman–Crippen MR) is 334 cm³/mol. The molecule has 0 atom stereocenters. The van der Waals surface area contributed by atoms with Crippen LogP contribution in [0.25, 0.3) is 32.8 Å². The lowest BCUT2D eigenvalue weighted by Crippen LogP contribution is -2.33. The van der Waals surface area contributed by atoms with Gasteiger partial charge in [-0.25, -0.2) is 18.3 Å². The summed E-state index contributed by atoms with van der Waals surface area (Å²) in [5.74, 6) is 2.42.